The number of hydrogen-bond donors (Lipinski definition) is 2. The van der Waals surface area contributed by atoms with E-state index < -0.39 is 5.91 Å². The van der Waals surface area contributed by atoms with E-state index in [1.165, 1.54) is 24.2 Å². The van der Waals surface area contributed by atoms with Crippen LogP contribution in [0.15, 0.2) is 10.8 Å². The lowest BCUT2D eigenvalue weighted by molar-refractivity contribution is 0.0711. The van der Waals surface area contributed by atoms with Gasteiger partial charge in [0.2, 0.25) is 0 Å². The number of thiophene rings is 1. The van der Waals surface area contributed by atoms with Gasteiger partial charge in [0.1, 0.15) is 6.26 Å². The molecule has 4 rings (SSSR count). The zero-order valence-electron chi connectivity index (χ0n) is 14.8. The maximum atomic E-state index is 13.5. The first-order valence-corrected chi connectivity index (χ1v) is 9.88. The number of aryl methyl sites for hydroxylation is 2. The van der Waals surface area contributed by atoms with E-state index in [4.69, 9.17) is 16.0 Å². The van der Waals surface area contributed by atoms with Crippen molar-refractivity contribution in [2.75, 3.05) is 5.73 Å². The zero-order chi connectivity index (χ0) is 18.5. The molecule has 2 aliphatic carbocycles. The maximum absolute atomic E-state index is 13.5. The number of nitrogens with two attached hydrogens (primary N) is 2. The fourth-order valence-electron chi connectivity index (χ4n) is 4.23. The number of rotatable bonds is 6. The Morgan fingerprint density at radius 3 is 2.85 bits per heavy atom. The van der Waals surface area contributed by atoms with Crippen LogP contribution < -0.4 is 11.5 Å². The molecule has 1 fully saturated rings. The summed E-state index contributed by atoms with van der Waals surface area (Å²) in [5.41, 5.74) is 14.2. The van der Waals surface area contributed by atoms with Gasteiger partial charge in [-0.3, -0.25) is 9.59 Å². The average Bonchev–Trinajstić information content (AvgIpc) is 3.19. The molecule has 1 amide bonds. The summed E-state index contributed by atoms with van der Waals surface area (Å²) >= 11 is 1.23. The number of hydrogen-bond acceptors (Lipinski definition) is 6. The molecule has 2 aliphatic rings. The summed E-state index contributed by atoms with van der Waals surface area (Å²) in [4.78, 5) is 25.9. The molecule has 7 heteroatoms. The predicted octanol–water partition coefficient (Wildman–Crippen LogP) is 3.27. The minimum Gasteiger partial charge on any atom is -0.390 e. The van der Waals surface area contributed by atoms with Crippen molar-refractivity contribution in [2.45, 2.75) is 51.9 Å². The normalized spacial score (nSPS) is 22.4. The Balaban J connectivity index is 1.66. The second-order valence-corrected chi connectivity index (χ2v) is 8.75. The van der Waals surface area contributed by atoms with Gasteiger partial charge < -0.3 is 16.0 Å². The van der Waals surface area contributed by atoms with Gasteiger partial charge >= 0.3 is 0 Å². The number of Topliss-reactive ketones (excluding diaryl/α,β-unsaturated/α-hetero) is 1. The van der Waals surface area contributed by atoms with Gasteiger partial charge in [-0.1, -0.05) is 18.0 Å². The molecule has 0 saturated heterocycles. The van der Waals surface area contributed by atoms with Gasteiger partial charge in [-0.25, -0.2) is 0 Å². The lowest BCUT2D eigenvalue weighted by Crippen LogP contribution is -2.37. The minimum atomic E-state index is -0.539. The Kier molecular flexibility index (Phi) is 4.14. The summed E-state index contributed by atoms with van der Waals surface area (Å²) in [5.74, 6) is 0.239. The molecule has 4 N–H and O–H groups in total. The van der Waals surface area contributed by atoms with Crippen LogP contribution in [0.1, 0.15) is 69.0 Å². The van der Waals surface area contributed by atoms with Gasteiger partial charge in [-0.15, -0.1) is 11.3 Å². The van der Waals surface area contributed by atoms with Crippen molar-refractivity contribution < 1.29 is 14.1 Å². The van der Waals surface area contributed by atoms with E-state index in [-0.39, 0.29) is 11.2 Å². The van der Waals surface area contributed by atoms with Crippen molar-refractivity contribution in [3.8, 4) is 0 Å². The molecule has 6 nitrogen and oxygen atoms in total. The summed E-state index contributed by atoms with van der Waals surface area (Å²) in [6, 6.07) is 0. The first kappa shape index (κ1) is 17.3. The van der Waals surface area contributed by atoms with Gasteiger partial charge in [0, 0.05) is 11.0 Å². The molecule has 0 aromatic carbocycles. The number of amides is 1. The van der Waals surface area contributed by atoms with Gasteiger partial charge in [0.25, 0.3) is 5.91 Å². The van der Waals surface area contributed by atoms with Crippen molar-refractivity contribution >= 4 is 28.0 Å². The van der Waals surface area contributed by atoms with Gasteiger partial charge in [-0.2, -0.15) is 0 Å². The Morgan fingerprint density at radius 2 is 2.23 bits per heavy atom. The van der Waals surface area contributed by atoms with Gasteiger partial charge in [-0.05, 0) is 50.5 Å². The first-order valence-electron chi connectivity index (χ1n) is 9.07. The van der Waals surface area contributed by atoms with E-state index in [2.05, 4.69) is 5.16 Å². The quantitative estimate of drug-likeness (QED) is 0.807. The summed E-state index contributed by atoms with van der Waals surface area (Å²) < 4.78 is 5.04. The van der Waals surface area contributed by atoms with Crippen molar-refractivity contribution in [3.63, 3.8) is 0 Å². The van der Waals surface area contributed by atoms with Crippen LogP contribution in [0.25, 0.3) is 0 Å². The monoisotopic (exact) mass is 373 g/mol. The Bertz CT molecular complexity index is 881. The van der Waals surface area contributed by atoms with Crippen LogP contribution in [0.2, 0.25) is 0 Å². The van der Waals surface area contributed by atoms with E-state index in [1.54, 1.807) is 6.26 Å². The molecule has 1 saturated carbocycles. The number of carbonyl (C=O) groups excluding carboxylic acids is 2. The number of ketones is 1. The highest BCUT2D eigenvalue weighted by Crippen LogP contribution is 2.51. The van der Waals surface area contributed by atoms with Crippen LogP contribution in [0.3, 0.4) is 0 Å². The van der Waals surface area contributed by atoms with Crippen molar-refractivity contribution in [2.24, 2.45) is 17.1 Å². The maximum Gasteiger partial charge on any atom is 0.251 e. The third-order valence-electron chi connectivity index (χ3n) is 5.92. The predicted molar refractivity (Wildman–Crippen MR) is 99.2 cm³/mol. The molecule has 138 valence electrons. The SMILES string of the molecule is Cc1nocc1CCC1(CC2CC2)CCc2c(sc(N)c2C(N)=O)C1=O. The topological polar surface area (TPSA) is 112 Å². The van der Waals surface area contributed by atoms with E-state index in [0.717, 1.165) is 42.5 Å². The van der Waals surface area contributed by atoms with E-state index in [1.807, 2.05) is 6.92 Å². The molecule has 2 aromatic heterocycles. The van der Waals surface area contributed by atoms with Crippen LogP contribution >= 0.6 is 11.3 Å². The fraction of sp³-hybridized carbons (Fsp3) is 0.526. The lowest BCUT2D eigenvalue weighted by Gasteiger charge is -2.36. The fourth-order valence-corrected chi connectivity index (χ4v) is 5.41. The zero-order valence-corrected chi connectivity index (χ0v) is 15.7. The third-order valence-corrected chi connectivity index (χ3v) is 6.98. The summed E-state index contributed by atoms with van der Waals surface area (Å²) in [6.07, 6.45) is 7.96. The standard InChI is InChI=1S/C19H23N3O3S/c1-10-12(9-25-22-10)4-6-19(8-11-2-3-11)7-5-13-14(17(20)24)18(21)26-15(13)16(19)23/h9,11H,2-8,21H2,1H3,(H2,20,24). The van der Waals surface area contributed by atoms with Gasteiger partial charge in [0.15, 0.2) is 5.78 Å². The summed E-state index contributed by atoms with van der Waals surface area (Å²) in [6.45, 7) is 1.92. The average molecular weight is 373 g/mol. The van der Waals surface area contributed by atoms with Crippen LogP contribution in [0.4, 0.5) is 5.00 Å². The van der Waals surface area contributed by atoms with Crippen LogP contribution in [0.5, 0.6) is 0 Å². The lowest BCUT2D eigenvalue weighted by atomic mass is 9.66. The highest BCUT2D eigenvalue weighted by molar-refractivity contribution is 7.18. The highest BCUT2D eigenvalue weighted by Gasteiger charge is 2.47. The Morgan fingerprint density at radius 1 is 1.46 bits per heavy atom. The van der Waals surface area contributed by atoms with Crippen LogP contribution in [0, 0.1) is 18.3 Å². The smallest absolute Gasteiger partial charge is 0.251 e. The molecule has 0 bridgehead atoms. The molecule has 26 heavy (non-hydrogen) atoms. The molecular formula is C19H23N3O3S. The second kappa shape index (κ2) is 6.23. The minimum absolute atomic E-state index is 0.143. The van der Waals surface area contributed by atoms with Crippen molar-refractivity contribution in [1.29, 1.82) is 0 Å². The van der Waals surface area contributed by atoms with E-state index >= 15 is 0 Å². The largest absolute Gasteiger partial charge is 0.390 e. The first-order chi connectivity index (χ1) is 12.4. The van der Waals surface area contributed by atoms with Crippen LogP contribution in [-0.4, -0.2) is 16.8 Å². The van der Waals surface area contributed by atoms with E-state index in [9.17, 15) is 9.59 Å². The number of aromatic nitrogens is 1. The number of fused-ring (bicyclic) bond motifs is 1. The molecule has 1 unspecified atom stereocenters. The molecular weight excluding hydrogens is 350 g/mol. The molecule has 0 spiro atoms. The number of anilines is 1. The van der Waals surface area contributed by atoms with Crippen LogP contribution in [-0.2, 0) is 12.8 Å². The summed E-state index contributed by atoms with van der Waals surface area (Å²) in [5, 5.41) is 4.31. The van der Waals surface area contributed by atoms with Crippen molar-refractivity contribution in [3.05, 3.63) is 33.5 Å². The molecule has 0 aliphatic heterocycles. The Labute approximate surface area is 155 Å². The molecule has 2 aromatic rings. The molecule has 0 radical (unpaired) electrons. The van der Waals surface area contributed by atoms with E-state index in [0.29, 0.717) is 27.8 Å². The second-order valence-electron chi connectivity index (χ2n) is 7.70. The third kappa shape index (κ3) is 2.84. The number of primary amides is 1. The number of nitrogens with zero attached hydrogens (tertiary/aromatic N) is 1. The van der Waals surface area contributed by atoms with Gasteiger partial charge in [0.05, 0.1) is 21.1 Å². The number of carbonyl (C=O) groups is 2. The molecule has 2 heterocycles. The molecule has 1 atom stereocenters. The number of nitrogen functional groups attached to an aromatic ring is 1. The highest BCUT2D eigenvalue weighted by atomic mass is 32.1. The summed E-state index contributed by atoms with van der Waals surface area (Å²) in [7, 11) is 0. The Hall–Kier alpha value is -2.15. The van der Waals surface area contributed by atoms with Crippen molar-refractivity contribution in [1.82, 2.24) is 5.16 Å².